The summed E-state index contributed by atoms with van der Waals surface area (Å²) in [5.41, 5.74) is 0.761. The first kappa shape index (κ1) is 16.8. The molecule has 2 fully saturated rings. The van der Waals surface area contributed by atoms with Crippen molar-refractivity contribution in [1.29, 1.82) is 0 Å². The van der Waals surface area contributed by atoms with E-state index in [-0.39, 0.29) is 16.7 Å². The molecule has 0 aliphatic heterocycles. The zero-order valence-corrected chi connectivity index (χ0v) is 14.6. The summed E-state index contributed by atoms with van der Waals surface area (Å²) in [7, 11) is 0. The van der Waals surface area contributed by atoms with Gasteiger partial charge in [0.2, 0.25) is 0 Å². The third-order valence-corrected chi connectivity index (χ3v) is 5.66. The molecule has 5 nitrogen and oxygen atoms in total. The zero-order chi connectivity index (χ0) is 16.2. The molecule has 1 heterocycles. The van der Waals surface area contributed by atoms with E-state index in [0.717, 1.165) is 37.2 Å². The van der Waals surface area contributed by atoms with Crippen molar-refractivity contribution in [3.8, 4) is 0 Å². The molecule has 6 heteroatoms. The Morgan fingerprint density at radius 3 is 2.13 bits per heavy atom. The van der Waals surface area contributed by atoms with Gasteiger partial charge in [-0.3, -0.25) is 0 Å². The van der Waals surface area contributed by atoms with Crippen LogP contribution in [-0.2, 0) is 6.54 Å². The summed E-state index contributed by atoms with van der Waals surface area (Å²) in [5, 5.41) is 11.8. The highest BCUT2D eigenvalue weighted by molar-refractivity contribution is 7.80. The molecular weight excluding hydrogens is 310 g/mol. The molecule has 0 N–H and O–H groups in total. The Morgan fingerprint density at radius 2 is 1.61 bits per heavy atom. The van der Waals surface area contributed by atoms with Crippen LogP contribution in [0.3, 0.4) is 0 Å². The number of hydrogen-bond donors (Lipinski definition) is 1. The molecule has 2 saturated carbocycles. The number of hydrogen-bond acceptors (Lipinski definition) is 4. The summed E-state index contributed by atoms with van der Waals surface area (Å²) >= 11 is 4.32. The van der Waals surface area contributed by atoms with Crippen LogP contribution in [-0.4, -0.2) is 20.2 Å². The first-order valence-electron chi connectivity index (χ1n) is 9.08. The molecule has 0 atom stereocenters. The van der Waals surface area contributed by atoms with Crippen molar-refractivity contribution in [3.05, 3.63) is 21.6 Å². The van der Waals surface area contributed by atoms with Gasteiger partial charge in [-0.2, -0.15) is 12.6 Å². The Morgan fingerprint density at radius 1 is 1.04 bits per heavy atom. The quantitative estimate of drug-likeness (QED) is 0.476. The first-order valence-corrected chi connectivity index (χ1v) is 9.71. The highest BCUT2D eigenvalue weighted by atomic mass is 32.1. The van der Waals surface area contributed by atoms with E-state index in [4.69, 9.17) is 4.98 Å². The number of aromatic nitrogens is 2. The molecule has 1 aromatic heterocycles. The monoisotopic (exact) mass is 337 g/mol. The maximum Gasteiger partial charge on any atom is 0.346 e. The fourth-order valence-electron chi connectivity index (χ4n) is 4.32. The van der Waals surface area contributed by atoms with Gasteiger partial charge in [-0.15, -0.1) is 0 Å². The van der Waals surface area contributed by atoms with Crippen molar-refractivity contribution >= 4 is 18.4 Å². The minimum Gasteiger partial charge on any atom is -0.358 e. The lowest BCUT2D eigenvalue weighted by molar-refractivity contribution is -0.393. The van der Waals surface area contributed by atoms with Gasteiger partial charge in [-0.1, -0.05) is 38.5 Å². The lowest BCUT2D eigenvalue weighted by Gasteiger charge is -2.19. The van der Waals surface area contributed by atoms with Gasteiger partial charge in [0.1, 0.15) is 12.2 Å². The number of nitrogens with zero attached hydrogens (tertiary/aromatic N) is 3. The normalized spacial score (nSPS) is 20.7. The predicted octanol–water partition coefficient (Wildman–Crippen LogP) is 4.82. The van der Waals surface area contributed by atoms with Crippen LogP contribution in [0.15, 0.2) is 0 Å². The minimum absolute atomic E-state index is 0.202. The van der Waals surface area contributed by atoms with Gasteiger partial charge in [-0.05, 0) is 30.6 Å². The molecule has 0 aromatic carbocycles. The van der Waals surface area contributed by atoms with E-state index in [1.165, 1.54) is 38.5 Å². The van der Waals surface area contributed by atoms with E-state index in [1.807, 2.05) is 4.57 Å². The second-order valence-electron chi connectivity index (χ2n) is 6.98. The van der Waals surface area contributed by atoms with Crippen molar-refractivity contribution in [3.63, 3.8) is 0 Å². The lowest BCUT2D eigenvalue weighted by Crippen LogP contribution is -2.14. The topological polar surface area (TPSA) is 61.0 Å². The number of imidazole rings is 1. The minimum atomic E-state index is -0.202. The van der Waals surface area contributed by atoms with Gasteiger partial charge in [0.25, 0.3) is 0 Å². The Labute approximate surface area is 143 Å². The van der Waals surface area contributed by atoms with Crippen LogP contribution in [0.1, 0.15) is 87.6 Å². The van der Waals surface area contributed by atoms with Crippen molar-refractivity contribution in [1.82, 2.24) is 9.55 Å². The number of thiol groups is 1. The van der Waals surface area contributed by atoms with Crippen LogP contribution in [0.2, 0.25) is 0 Å². The molecule has 23 heavy (non-hydrogen) atoms. The van der Waals surface area contributed by atoms with Gasteiger partial charge in [0.05, 0.1) is 0 Å². The van der Waals surface area contributed by atoms with E-state index in [1.54, 1.807) is 0 Å². The van der Waals surface area contributed by atoms with Crippen LogP contribution >= 0.6 is 12.6 Å². The summed E-state index contributed by atoms with van der Waals surface area (Å²) in [5.74, 6) is 2.49. The van der Waals surface area contributed by atoms with Crippen LogP contribution in [0.4, 0.5) is 5.82 Å². The zero-order valence-electron chi connectivity index (χ0n) is 13.7. The smallest absolute Gasteiger partial charge is 0.346 e. The van der Waals surface area contributed by atoms with Crippen molar-refractivity contribution in [2.45, 2.75) is 82.6 Å². The molecular formula is C17H27N3O2S. The average Bonchev–Trinajstić information content (AvgIpc) is 2.96. The number of rotatable bonds is 5. The summed E-state index contributed by atoms with van der Waals surface area (Å²) in [6.07, 6.45) is 11.6. The molecule has 0 amide bonds. The van der Waals surface area contributed by atoms with Crippen LogP contribution < -0.4 is 0 Å². The maximum atomic E-state index is 11.8. The summed E-state index contributed by atoms with van der Waals surface area (Å²) in [4.78, 5) is 16.5. The Balaban J connectivity index is 2.01. The van der Waals surface area contributed by atoms with Gasteiger partial charge in [0.15, 0.2) is 5.82 Å². The third kappa shape index (κ3) is 3.57. The molecule has 2 aliphatic carbocycles. The predicted molar refractivity (Wildman–Crippen MR) is 94.4 cm³/mol. The summed E-state index contributed by atoms with van der Waals surface area (Å²) in [6, 6.07) is 0. The van der Waals surface area contributed by atoms with Gasteiger partial charge in [0, 0.05) is 17.6 Å². The molecule has 0 spiro atoms. The van der Waals surface area contributed by atoms with E-state index in [0.29, 0.717) is 18.2 Å². The van der Waals surface area contributed by atoms with Gasteiger partial charge >= 0.3 is 5.82 Å². The van der Waals surface area contributed by atoms with Gasteiger partial charge < -0.3 is 10.1 Å². The van der Waals surface area contributed by atoms with Crippen LogP contribution in [0.5, 0.6) is 0 Å². The molecule has 0 bridgehead atoms. The molecule has 2 aliphatic rings. The van der Waals surface area contributed by atoms with Crippen molar-refractivity contribution in [2.75, 3.05) is 5.75 Å². The standard InChI is InChI=1S/C17H27N3O2S/c21-20(22)17-15(13-7-3-1-4-8-13)18-16(19(17)11-12-23)14-9-5-2-6-10-14/h13-14,23H,1-12H2. The molecule has 1 aromatic rings. The third-order valence-electron chi connectivity index (χ3n) is 5.46. The molecule has 0 saturated heterocycles. The second-order valence-corrected chi connectivity index (χ2v) is 7.43. The van der Waals surface area contributed by atoms with Crippen molar-refractivity contribution in [2.24, 2.45) is 0 Å². The van der Waals surface area contributed by atoms with E-state index in [9.17, 15) is 10.1 Å². The average molecular weight is 337 g/mol. The maximum absolute atomic E-state index is 11.8. The summed E-state index contributed by atoms with van der Waals surface area (Å²) in [6.45, 7) is 0.588. The largest absolute Gasteiger partial charge is 0.358 e. The van der Waals surface area contributed by atoms with Crippen molar-refractivity contribution < 1.29 is 4.92 Å². The molecule has 0 radical (unpaired) electrons. The second kappa shape index (κ2) is 7.69. The highest BCUT2D eigenvalue weighted by Gasteiger charge is 2.35. The van der Waals surface area contributed by atoms with Gasteiger partial charge in [-0.25, -0.2) is 9.55 Å². The Bertz CT molecular complexity index is 546. The SMILES string of the molecule is O=[N+]([O-])c1c(C2CCCCC2)nc(C2CCCCC2)n1CCS. The summed E-state index contributed by atoms with van der Waals surface area (Å²) < 4.78 is 1.88. The fourth-order valence-corrected chi connectivity index (χ4v) is 4.52. The Hall–Kier alpha value is -1.04. The first-order chi connectivity index (χ1) is 11.2. The van der Waals surface area contributed by atoms with E-state index < -0.39 is 0 Å². The molecule has 3 rings (SSSR count). The molecule has 0 unspecified atom stereocenters. The fraction of sp³-hybridized carbons (Fsp3) is 0.824. The van der Waals surface area contributed by atoms with E-state index in [2.05, 4.69) is 12.6 Å². The van der Waals surface area contributed by atoms with Crippen LogP contribution in [0.25, 0.3) is 0 Å². The number of nitro groups is 1. The highest BCUT2D eigenvalue weighted by Crippen LogP contribution is 2.41. The Kier molecular flexibility index (Phi) is 5.62. The lowest BCUT2D eigenvalue weighted by atomic mass is 9.87. The van der Waals surface area contributed by atoms with Crippen LogP contribution in [0, 0.1) is 10.1 Å². The molecule has 128 valence electrons. The van der Waals surface area contributed by atoms with E-state index >= 15 is 0 Å².